The van der Waals surface area contributed by atoms with E-state index in [0.717, 1.165) is 0 Å². The lowest BCUT2D eigenvalue weighted by molar-refractivity contribution is -0.760. The predicted octanol–water partition coefficient (Wildman–Crippen LogP) is 3.59. The normalized spacial score (nSPS) is 15.8. The predicted molar refractivity (Wildman–Crippen MR) is 86.3 cm³/mol. The Morgan fingerprint density at radius 3 is 2.60 bits per heavy atom. The first-order valence-corrected chi connectivity index (χ1v) is 7.64. The summed E-state index contributed by atoms with van der Waals surface area (Å²) in [7, 11) is 0. The summed E-state index contributed by atoms with van der Waals surface area (Å²) in [5, 5.41) is 4.50. The third-order valence-electron chi connectivity index (χ3n) is 3.75. The van der Waals surface area contributed by atoms with Crippen LogP contribution in [0, 0.1) is 3.57 Å². The lowest BCUT2D eigenvalue weighted by atomic mass is 10.1. The third-order valence-corrected chi connectivity index (χ3v) is 4.43. The lowest BCUT2D eigenvalue weighted by Crippen LogP contribution is -2.42. The fourth-order valence-electron chi connectivity index (χ4n) is 2.93. The molecule has 3 heteroatoms. The Morgan fingerprint density at radius 2 is 1.75 bits per heavy atom. The molecule has 1 aliphatic rings. The van der Waals surface area contributed by atoms with Gasteiger partial charge in [-0.05, 0) is 57.0 Å². The van der Waals surface area contributed by atoms with Gasteiger partial charge in [0.2, 0.25) is 6.04 Å². The van der Waals surface area contributed by atoms with Crippen molar-refractivity contribution in [3.63, 3.8) is 0 Å². The molecule has 0 saturated carbocycles. The van der Waals surface area contributed by atoms with E-state index in [-0.39, 0.29) is 6.04 Å². The van der Waals surface area contributed by atoms with Crippen LogP contribution in [0.1, 0.15) is 17.2 Å². The molecular formula is C17H12IN2+. The zero-order chi connectivity index (χ0) is 13.5. The van der Waals surface area contributed by atoms with Crippen LogP contribution in [0.5, 0.6) is 0 Å². The van der Waals surface area contributed by atoms with Crippen LogP contribution in [0.15, 0.2) is 67.0 Å². The molecule has 0 N–H and O–H groups in total. The van der Waals surface area contributed by atoms with Gasteiger partial charge < -0.3 is 0 Å². The van der Waals surface area contributed by atoms with E-state index in [1.165, 1.54) is 25.8 Å². The largest absolute Gasteiger partial charge is 0.235 e. The average Bonchev–Trinajstić information content (AvgIpc) is 2.81. The summed E-state index contributed by atoms with van der Waals surface area (Å²) in [5.41, 5.74) is 5.31. The Morgan fingerprint density at radius 1 is 0.900 bits per heavy atom. The van der Waals surface area contributed by atoms with Crippen molar-refractivity contribution < 1.29 is 4.68 Å². The first-order chi connectivity index (χ1) is 9.84. The SMILES string of the molecule is Ic1ccc2c(c1)C([n+]1ccccn1)c1ccccc1-2. The number of nitrogens with zero attached hydrogens (tertiary/aromatic N) is 2. The van der Waals surface area contributed by atoms with Gasteiger partial charge in [0, 0.05) is 20.8 Å². The van der Waals surface area contributed by atoms with Crippen LogP contribution < -0.4 is 4.68 Å². The van der Waals surface area contributed by atoms with E-state index in [1.54, 1.807) is 0 Å². The zero-order valence-corrected chi connectivity index (χ0v) is 12.9. The van der Waals surface area contributed by atoms with Gasteiger partial charge in [0.25, 0.3) is 0 Å². The van der Waals surface area contributed by atoms with Gasteiger partial charge in [-0.2, -0.15) is 0 Å². The molecular weight excluding hydrogens is 359 g/mol. The highest BCUT2D eigenvalue weighted by atomic mass is 127. The highest BCUT2D eigenvalue weighted by Gasteiger charge is 2.36. The van der Waals surface area contributed by atoms with Crippen molar-refractivity contribution in [2.45, 2.75) is 6.04 Å². The van der Waals surface area contributed by atoms with Crippen molar-refractivity contribution in [3.8, 4) is 11.1 Å². The van der Waals surface area contributed by atoms with Gasteiger partial charge in [0.15, 0.2) is 6.20 Å². The standard InChI is InChI=1S/C17H12IN2/c18-12-7-8-14-13-5-1-2-6-15(13)17(16(14)11-12)20-10-4-3-9-19-20/h1-11,17H/q+1. The van der Waals surface area contributed by atoms with Crippen molar-refractivity contribution >= 4 is 22.6 Å². The molecule has 96 valence electrons. The summed E-state index contributed by atoms with van der Waals surface area (Å²) < 4.78 is 3.30. The van der Waals surface area contributed by atoms with Gasteiger partial charge in [-0.3, -0.25) is 0 Å². The van der Waals surface area contributed by atoms with Gasteiger partial charge in [-0.1, -0.05) is 35.0 Å². The second kappa shape index (κ2) is 4.66. The molecule has 0 bridgehead atoms. The summed E-state index contributed by atoms with van der Waals surface area (Å²) in [4.78, 5) is 0. The van der Waals surface area contributed by atoms with Crippen LogP contribution >= 0.6 is 22.6 Å². The maximum atomic E-state index is 4.50. The van der Waals surface area contributed by atoms with Crippen molar-refractivity contribution in [1.82, 2.24) is 5.10 Å². The maximum Gasteiger partial charge on any atom is 0.235 e. The second-order valence-corrected chi connectivity index (χ2v) is 6.15. The van der Waals surface area contributed by atoms with Crippen molar-refractivity contribution in [1.29, 1.82) is 0 Å². The van der Waals surface area contributed by atoms with E-state index >= 15 is 0 Å². The first-order valence-electron chi connectivity index (χ1n) is 6.56. The topological polar surface area (TPSA) is 16.8 Å². The molecule has 0 saturated heterocycles. The molecule has 1 heterocycles. The quantitative estimate of drug-likeness (QED) is 0.369. The number of halogens is 1. The molecule has 20 heavy (non-hydrogen) atoms. The van der Waals surface area contributed by atoms with Gasteiger partial charge in [0.1, 0.15) is 0 Å². The van der Waals surface area contributed by atoms with E-state index < -0.39 is 0 Å². The molecule has 0 amide bonds. The Kier molecular flexibility index (Phi) is 2.80. The molecule has 3 aromatic rings. The Labute approximate surface area is 131 Å². The second-order valence-electron chi connectivity index (χ2n) is 4.90. The molecule has 2 aromatic carbocycles. The van der Waals surface area contributed by atoms with Crippen LogP contribution in [-0.2, 0) is 0 Å². The van der Waals surface area contributed by atoms with E-state index in [1.807, 2.05) is 29.2 Å². The molecule has 1 atom stereocenters. The summed E-state index contributed by atoms with van der Waals surface area (Å²) in [6, 6.07) is 19.4. The Balaban J connectivity index is 2.02. The highest BCUT2D eigenvalue weighted by Crippen LogP contribution is 2.43. The summed E-state index contributed by atoms with van der Waals surface area (Å²) in [6.07, 6.45) is 3.88. The minimum absolute atomic E-state index is 0.178. The molecule has 0 radical (unpaired) electrons. The fourth-order valence-corrected chi connectivity index (χ4v) is 3.45. The van der Waals surface area contributed by atoms with Gasteiger partial charge in [0.05, 0.1) is 6.20 Å². The van der Waals surface area contributed by atoms with Crippen LogP contribution in [0.2, 0.25) is 0 Å². The van der Waals surface area contributed by atoms with Gasteiger partial charge in [-0.15, -0.1) is 0 Å². The molecule has 0 aliphatic heterocycles. The molecule has 4 rings (SSSR count). The summed E-state index contributed by atoms with van der Waals surface area (Å²) >= 11 is 2.37. The third kappa shape index (κ3) is 1.77. The maximum absolute atomic E-state index is 4.50. The molecule has 2 nitrogen and oxygen atoms in total. The molecule has 1 aliphatic carbocycles. The molecule has 1 unspecified atom stereocenters. The minimum Gasteiger partial charge on any atom is -0.0798 e. The summed E-state index contributed by atoms with van der Waals surface area (Å²) in [6.45, 7) is 0. The van der Waals surface area contributed by atoms with Crippen LogP contribution in [-0.4, -0.2) is 5.10 Å². The minimum atomic E-state index is 0.178. The van der Waals surface area contributed by atoms with E-state index in [9.17, 15) is 0 Å². The van der Waals surface area contributed by atoms with Gasteiger partial charge >= 0.3 is 0 Å². The Bertz CT molecular complexity index is 784. The Hall–Kier alpha value is -1.75. The number of hydrogen-bond acceptors (Lipinski definition) is 1. The van der Waals surface area contributed by atoms with E-state index in [4.69, 9.17) is 0 Å². The van der Waals surface area contributed by atoms with Crippen molar-refractivity contribution in [2.24, 2.45) is 0 Å². The van der Waals surface area contributed by atoms with Crippen molar-refractivity contribution in [3.05, 3.63) is 81.7 Å². The monoisotopic (exact) mass is 371 g/mol. The number of hydrogen-bond donors (Lipinski definition) is 0. The highest BCUT2D eigenvalue weighted by molar-refractivity contribution is 14.1. The average molecular weight is 371 g/mol. The summed E-state index contributed by atoms with van der Waals surface area (Å²) in [5.74, 6) is 0. The number of aromatic nitrogens is 2. The number of rotatable bonds is 1. The van der Waals surface area contributed by atoms with Crippen molar-refractivity contribution in [2.75, 3.05) is 0 Å². The van der Waals surface area contributed by atoms with Crippen LogP contribution in [0.4, 0.5) is 0 Å². The van der Waals surface area contributed by atoms with Gasteiger partial charge in [-0.25, -0.2) is 0 Å². The van der Waals surface area contributed by atoms with Crippen LogP contribution in [0.3, 0.4) is 0 Å². The van der Waals surface area contributed by atoms with E-state index in [2.05, 4.69) is 70.2 Å². The zero-order valence-electron chi connectivity index (χ0n) is 10.7. The smallest absolute Gasteiger partial charge is 0.0798 e. The first kappa shape index (κ1) is 12.0. The number of fused-ring (bicyclic) bond motifs is 3. The molecule has 0 fully saturated rings. The lowest BCUT2D eigenvalue weighted by Gasteiger charge is -2.06. The van der Waals surface area contributed by atoms with Crippen LogP contribution in [0.25, 0.3) is 11.1 Å². The molecule has 0 spiro atoms. The fraction of sp³-hybridized carbons (Fsp3) is 0.0588. The number of benzene rings is 2. The molecule has 1 aromatic heterocycles. The van der Waals surface area contributed by atoms with E-state index in [0.29, 0.717) is 0 Å².